The fraction of sp³-hybridized carbons (Fsp3) is 0.250. The largest absolute Gasteiger partial charge is 0.502 e. The predicted octanol–water partition coefficient (Wildman–Crippen LogP) is 3.94. The second-order valence-corrected chi connectivity index (χ2v) is 8.77. The maximum Gasteiger partial charge on any atom is 0.213 e. The van der Waals surface area contributed by atoms with Crippen LogP contribution in [0.3, 0.4) is 0 Å². The number of phenols is 1. The number of rotatable bonds is 10. The van der Waals surface area contributed by atoms with Gasteiger partial charge in [0.15, 0.2) is 17.8 Å². The third kappa shape index (κ3) is 4.93. The molecule has 30 heavy (non-hydrogen) atoms. The quantitative estimate of drug-likeness (QED) is 0.376. The minimum absolute atomic E-state index is 0.132. The van der Waals surface area contributed by atoms with Crippen LogP contribution in [0.2, 0.25) is 0 Å². The topological polar surface area (TPSA) is 68.2 Å². The first-order valence-electron chi connectivity index (χ1n) is 11.7. The van der Waals surface area contributed by atoms with Crippen molar-refractivity contribution in [3.05, 3.63) is 78.4 Å². The Kier molecular flexibility index (Phi) is 5.62. The fourth-order valence-corrected chi connectivity index (χ4v) is 5.95. The van der Waals surface area contributed by atoms with Crippen LogP contribution >= 0.6 is 7.92 Å². The van der Waals surface area contributed by atoms with Gasteiger partial charge in [0, 0.05) is 20.5 Å². The Labute approximate surface area is 185 Å². The zero-order valence-electron chi connectivity index (χ0n) is 21.7. The van der Waals surface area contributed by atoms with Crippen LogP contribution in [-0.2, 0) is 4.74 Å². The molecule has 3 unspecified atom stereocenters. The number of hydrogen-bond acceptors (Lipinski definition) is 5. The molecule has 0 aliphatic rings. The summed E-state index contributed by atoms with van der Waals surface area (Å²) in [4.78, 5) is 0. The molecule has 0 radical (unpaired) electrons. The van der Waals surface area contributed by atoms with Crippen LogP contribution < -0.4 is 20.1 Å². The van der Waals surface area contributed by atoms with Crippen molar-refractivity contribution in [2.75, 3.05) is 21.3 Å². The van der Waals surface area contributed by atoms with E-state index in [0.29, 0.717) is 5.56 Å². The maximum absolute atomic E-state index is 10.5. The van der Waals surface area contributed by atoms with Crippen molar-refractivity contribution < 1.29 is 29.9 Å². The second kappa shape index (κ2) is 10.4. The summed E-state index contributed by atoms with van der Waals surface area (Å²) in [5.41, 5.74) is -0.206. The van der Waals surface area contributed by atoms with Gasteiger partial charge in [0.25, 0.3) is 0 Å². The van der Waals surface area contributed by atoms with Gasteiger partial charge in [0.2, 0.25) is 7.18 Å². The summed E-state index contributed by atoms with van der Waals surface area (Å²) in [5, 5.41) is 16.9. The van der Waals surface area contributed by atoms with E-state index in [4.69, 9.17) is 21.1 Å². The normalized spacial score (nSPS) is 17.0. The summed E-state index contributed by atoms with van der Waals surface area (Å²) in [7, 11) is -1.44. The molecule has 5 nitrogen and oxygen atoms in total. The Morgan fingerprint density at radius 3 is 1.93 bits per heavy atom. The standard InChI is InChI=1S/C24H27O5P/c1-27-20-14-17(15-21(28-2)24(20)26)22(16-23(25)29-3)30(18-10-6-4-7-11-18)19-12-8-5-9-13-19/h4-15,22-23,25-26H,16H2,1-3H3/i3D3,16D,25D. The van der Waals surface area contributed by atoms with E-state index in [9.17, 15) is 5.11 Å². The van der Waals surface area contributed by atoms with E-state index in [2.05, 4.69) is 5.11 Å². The van der Waals surface area contributed by atoms with Gasteiger partial charge in [-0.3, -0.25) is 0 Å². The van der Waals surface area contributed by atoms with Gasteiger partial charge in [-0.05, 0) is 36.2 Å². The van der Waals surface area contributed by atoms with E-state index in [-0.39, 0.29) is 17.2 Å². The Morgan fingerprint density at radius 1 is 0.967 bits per heavy atom. The third-order valence-corrected chi connectivity index (χ3v) is 7.38. The van der Waals surface area contributed by atoms with Crippen LogP contribution in [0.5, 0.6) is 17.2 Å². The molecule has 0 aliphatic carbocycles. The second-order valence-electron chi connectivity index (χ2n) is 6.44. The van der Waals surface area contributed by atoms with Gasteiger partial charge in [-0.15, -0.1) is 0 Å². The highest BCUT2D eigenvalue weighted by Gasteiger charge is 2.30. The third-order valence-electron chi connectivity index (χ3n) is 4.65. The lowest BCUT2D eigenvalue weighted by Crippen LogP contribution is -2.21. The Morgan fingerprint density at radius 2 is 1.50 bits per heavy atom. The van der Waals surface area contributed by atoms with Crippen LogP contribution in [0.4, 0.5) is 0 Å². The summed E-state index contributed by atoms with van der Waals surface area (Å²) < 4.78 is 54.8. The predicted molar refractivity (Wildman–Crippen MR) is 121 cm³/mol. The first-order valence-corrected chi connectivity index (χ1v) is 10.7. The van der Waals surface area contributed by atoms with E-state index in [0.717, 1.165) is 10.6 Å². The molecule has 0 fully saturated rings. The molecule has 0 heterocycles. The smallest absolute Gasteiger partial charge is 0.213 e. The first kappa shape index (κ1) is 16.1. The highest BCUT2D eigenvalue weighted by atomic mass is 31.1. The zero-order chi connectivity index (χ0) is 25.6. The van der Waals surface area contributed by atoms with Crippen LogP contribution in [-0.4, -0.2) is 39.2 Å². The van der Waals surface area contributed by atoms with Crippen molar-refractivity contribution in [2.45, 2.75) is 18.3 Å². The first-order chi connectivity index (χ1) is 16.7. The van der Waals surface area contributed by atoms with E-state index in [1.165, 1.54) is 14.2 Å². The van der Waals surface area contributed by atoms with Crippen LogP contribution in [0.1, 0.15) is 23.1 Å². The summed E-state index contributed by atoms with van der Waals surface area (Å²) in [5.74, 6) is 0.0650. The maximum atomic E-state index is 10.5. The number of aliphatic hydroxyl groups excluding tert-OH is 1. The number of aliphatic hydroxyl groups is 1. The van der Waals surface area contributed by atoms with Crippen molar-refractivity contribution in [1.82, 2.24) is 0 Å². The highest BCUT2D eigenvalue weighted by Crippen LogP contribution is 2.54. The molecule has 2 N–H and O–H groups in total. The summed E-state index contributed by atoms with van der Waals surface area (Å²) in [6, 6.07) is 22.2. The Balaban J connectivity index is 2.28. The van der Waals surface area contributed by atoms with Gasteiger partial charge in [0.1, 0.15) is 0 Å². The van der Waals surface area contributed by atoms with Gasteiger partial charge in [-0.2, -0.15) is 0 Å². The molecule has 3 aromatic carbocycles. The van der Waals surface area contributed by atoms with Crippen LogP contribution in [0.25, 0.3) is 0 Å². The van der Waals surface area contributed by atoms with E-state index >= 15 is 0 Å². The molecule has 6 heteroatoms. The van der Waals surface area contributed by atoms with Crippen molar-refractivity contribution in [3.63, 3.8) is 0 Å². The van der Waals surface area contributed by atoms with Gasteiger partial charge < -0.3 is 24.4 Å². The molecule has 0 saturated carbocycles. The van der Waals surface area contributed by atoms with E-state index in [1.807, 2.05) is 60.7 Å². The Hall–Kier alpha value is -2.59. The van der Waals surface area contributed by atoms with Gasteiger partial charge >= 0.3 is 0 Å². The molecule has 0 saturated heterocycles. The summed E-state index contributed by atoms with van der Waals surface area (Å²) in [6.45, 7) is 0. The molecule has 3 aromatic rings. The molecular weight excluding hydrogens is 399 g/mol. The molecule has 0 amide bonds. The van der Waals surface area contributed by atoms with Crippen LogP contribution in [0.15, 0.2) is 72.8 Å². The number of methoxy groups -OCH3 is 3. The lowest BCUT2D eigenvalue weighted by molar-refractivity contribution is -0.0783. The van der Waals surface area contributed by atoms with E-state index in [1.54, 1.807) is 12.1 Å². The summed E-state index contributed by atoms with van der Waals surface area (Å²) >= 11 is 0. The zero-order valence-corrected chi connectivity index (χ0v) is 17.6. The Bertz CT molecular complexity index is 1020. The SMILES string of the molecule is [2H]OC(OC([2H])([2H])[2H])C([2H])C(c1cc(OC)c(O)c(OC)c1)P(c1ccccc1)c1ccccc1. The van der Waals surface area contributed by atoms with Crippen molar-refractivity contribution >= 4 is 18.5 Å². The lowest BCUT2D eigenvalue weighted by Gasteiger charge is -2.31. The number of ether oxygens (including phenoxy) is 3. The molecule has 0 aliphatic heterocycles. The lowest BCUT2D eigenvalue weighted by atomic mass is 10.1. The fourth-order valence-electron chi connectivity index (χ4n) is 3.27. The molecule has 3 rings (SSSR count). The van der Waals surface area contributed by atoms with Crippen molar-refractivity contribution in [1.29, 1.82) is 1.43 Å². The number of hydrogen-bond donors (Lipinski definition) is 2. The summed E-state index contributed by atoms with van der Waals surface area (Å²) in [6.07, 6.45) is -3.03. The van der Waals surface area contributed by atoms with Gasteiger partial charge in [0.05, 0.1) is 18.3 Å². The van der Waals surface area contributed by atoms with Crippen molar-refractivity contribution in [2.24, 2.45) is 0 Å². The molecule has 3 atom stereocenters. The van der Waals surface area contributed by atoms with Gasteiger partial charge in [-0.1, -0.05) is 60.7 Å². The average molecular weight is 431 g/mol. The van der Waals surface area contributed by atoms with Gasteiger partial charge in [-0.25, -0.2) is 0 Å². The molecule has 0 aromatic heterocycles. The number of benzene rings is 3. The molecule has 0 bridgehead atoms. The van der Waals surface area contributed by atoms with E-state index < -0.39 is 33.3 Å². The van der Waals surface area contributed by atoms with Crippen LogP contribution in [0, 0.1) is 0 Å². The average Bonchev–Trinajstić information content (AvgIpc) is 2.86. The number of phenolic OH excluding ortho intramolecular Hbond substituents is 1. The molecular formula is C24H27O5P. The molecule has 0 spiro atoms. The minimum atomic E-state index is -2.87. The monoisotopic (exact) mass is 431 g/mol. The van der Waals surface area contributed by atoms with Crippen molar-refractivity contribution in [3.8, 4) is 17.2 Å². The molecule has 158 valence electrons. The number of aromatic hydroxyl groups is 1. The minimum Gasteiger partial charge on any atom is -0.502 e. The highest BCUT2D eigenvalue weighted by molar-refractivity contribution is 7.73.